The predicted molar refractivity (Wildman–Crippen MR) is 132 cm³/mol. The number of morpholine rings is 1. The first kappa shape index (κ1) is 25.0. The minimum absolute atomic E-state index is 0.0686. The van der Waals surface area contributed by atoms with Gasteiger partial charge < -0.3 is 19.2 Å². The molecule has 3 aromatic rings. The number of hydrogen-bond donors (Lipinski definition) is 1. The number of amides is 1. The maximum Gasteiger partial charge on any atom is 0.291 e. The monoisotopic (exact) mass is 498 g/mol. The van der Waals surface area contributed by atoms with E-state index in [-0.39, 0.29) is 22.7 Å². The van der Waals surface area contributed by atoms with Crippen LogP contribution in [0.25, 0.3) is 0 Å². The normalized spacial score (nSPS) is 15.1. The van der Waals surface area contributed by atoms with E-state index in [4.69, 9.17) is 13.9 Å². The van der Waals surface area contributed by atoms with Crippen LogP contribution < -0.4 is 10.1 Å². The molecule has 0 unspecified atom stereocenters. The fourth-order valence-electron chi connectivity index (χ4n) is 3.62. The highest BCUT2D eigenvalue weighted by molar-refractivity contribution is 7.89. The second-order valence-corrected chi connectivity index (χ2v) is 11.3. The molecule has 1 aliphatic rings. The fourth-order valence-corrected chi connectivity index (χ4v) is 5.03. The Morgan fingerprint density at radius 2 is 1.63 bits per heavy atom. The Morgan fingerprint density at radius 3 is 2.26 bits per heavy atom. The van der Waals surface area contributed by atoms with Crippen molar-refractivity contribution < 1.29 is 27.1 Å². The molecule has 1 saturated heterocycles. The standard InChI is InChI=1S/C26H30N2O6S/c1-26(2,3)19-4-8-21(9-5-19)33-18-22-10-13-24(34-22)25(29)27-20-6-11-23(12-7-20)35(30,31)28-14-16-32-17-15-28/h4-13H,14-18H2,1-3H3,(H,27,29). The largest absolute Gasteiger partial charge is 0.486 e. The Bertz CT molecular complexity index is 1250. The maximum absolute atomic E-state index is 12.7. The Labute approximate surface area is 205 Å². The van der Waals surface area contributed by atoms with Gasteiger partial charge in [-0.25, -0.2) is 8.42 Å². The van der Waals surface area contributed by atoms with E-state index in [1.807, 2.05) is 24.3 Å². The number of anilines is 1. The Kier molecular flexibility index (Phi) is 7.30. The molecular weight excluding hydrogens is 468 g/mol. The molecule has 0 saturated carbocycles. The van der Waals surface area contributed by atoms with Gasteiger partial charge in [0.05, 0.1) is 18.1 Å². The molecule has 0 atom stereocenters. The number of hydrogen-bond acceptors (Lipinski definition) is 6. The summed E-state index contributed by atoms with van der Waals surface area (Å²) in [4.78, 5) is 12.7. The second kappa shape index (κ2) is 10.2. The summed E-state index contributed by atoms with van der Waals surface area (Å²) >= 11 is 0. The molecular formula is C26H30N2O6S. The molecule has 0 aliphatic carbocycles. The third-order valence-corrected chi connectivity index (χ3v) is 7.62. The smallest absolute Gasteiger partial charge is 0.291 e. The van der Waals surface area contributed by atoms with Crippen LogP contribution in [0.4, 0.5) is 5.69 Å². The topological polar surface area (TPSA) is 98.1 Å². The first-order chi connectivity index (χ1) is 16.6. The first-order valence-electron chi connectivity index (χ1n) is 11.4. The van der Waals surface area contributed by atoms with Crippen molar-refractivity contribution in [3.63, 3.8) is 0 Å². The summed E-state index contributed by atoms with van der Waals surface area (Å²) in [5.74, 6) is 0.931. The van der Waals surface area contributed by atoms with Gasteiger partial charge in [0.25, 0.3) is 5.91 Å². The number of carbonyl (C=O) groups is 1. The lowest BCUT2D eigenvalue weighted by Gasteiger charge is -2.26. The van der Waals surface area contributed by atoms with Gasteiger partial charge in [-0.2, -0.15) is 4.31 Å². The van der Waals surface area contributed by atoms with Crippen LogP contribution in [0.5, 0.6) is 5.75 Å². The van der Waals surface area contributed by atoms with Crippen molar-refractivity contribution >= 4 is 21.6 Å². The van der Waals surface area contributed by atoms with Crippen LogP contribution in [0.2, 0.25) is 0 Å². The molecule has 1 aromatic heterocycles. The number of sulfonamides is 1. The second-order valence-electron chi connectivity index (χ2n) is 9.32. The predicted octanol–water partition coefficient (Wildman–Crippen LogP) is 4.43. The van der Waals surface area contributed by atoms with E-state index in [9.17, 15) is 13.2 Å². The number of nitrogens with one attached hydrogen (secondary N) is 1. The summed E-state index contributed by atoms with van der Waals surface area (Å²) in [5, 5.41) is 2.72. The van der Waals surface area contributed by atoms with E-state index in [2.05, 4.69) is 26.1 Å². The highest BCUT2D eigenvalue weighted by atomic mass is 32.2. The summed E-state index contributed by atoms with van der Waals surface area (Å²) in [6.07, 6.45) is 0. The van der Waals surface area contributed by atoms with Crippen LogP contribution in [-0.2, 0) is 26.8 Å². The summed E-state index contributed by atoms with van der Waals surface area (Å²) in [6, 6.07) is 17.2. The number of rotatable bonds is 7. The molecule has 1 N–H and O–H groups in total. The van der Waals surface area contributed by atoms with E-state index < -0.39 is 15.9 Å². The minimum Gasteiger partial charge on any atom is -0.486 e. The number of nitrogens with zero attached hydrogens (tertiary/aromatic N) is 1. The van der Waals surface area contributed by atoms with Crippen LogP contribution in [-0.4, -0.2) is 44.9 Å². The maximum atomic E-state index is 12.7. The molecule has 35 heavy (non-hydrogen) atoms. The Balaban J connectivity index is 1.33. The van der Waals surface area contributed by atoms with E-state index in [1.54, 1.807) is 24.3 Å². The highest BCUT2D eigenvalue weighted by Crippen LogP contribution is 2.25. The van der Waals surface area contributed by atoms with Crippen LogP contribution in [0, 0.1) is 0 Å². The number of benzene rings is 2. The Hall–Kier alpha value is -3.14. The number of ether oxygens (including phenoxy) is 2. The fraction of sp³-hybridized carbons (Fsp3) is 0.346. The lowest BCUT2D eigenvalue weighted by molar-refractivity contribution is 0.0730. The molecule has 9 heteroatoms. The molecule has 8 nitrogen and oxygen atoms in total. The summed E-state index contributed by atoms with van der Waals surface area (Å²) in [5.41, 5.74) is 1.75. The van der Waals surface area contributed by atoms with Gasteiger partial charge >= 0.3 is 0 Å². The quantitative estimate of drug-likeness (QED) is 0.518. The lowest BCUT2D eigenvalue weighted by atomic mass is 9.87. The van der Waals surface area contributed by atoms with Crippen molar-refractivity contribution in [2.45, 2.75) is 37.7 Å². The molecule has 4 rings (SSSR count). The van der Waals surface area contributed by atoms with Gasteiger partial charge in [0.1, 0.15) is 18.1 Å². The van der Waals surface area contributed by atoms with Crippen LogP contribution in [0.1, 0.15) is 42.6 Å². The van der Waals surface area contributed by atoms with Gasteiger partial charge in [-0.15, -0.1) is 0 Å². The van der Waals surface area contributed by atoms with Crippen LogP contribution >= 0.6 is 0 Å². The molecule has 2 aromatic carbocycles. The highest BCUT2D eigenvalue weighted by Gasteiger charge is 2.26. The molecule has 1 amide bonds. The van der Waals surface area contributed by atoms with Gasteiger partial charge in [-0.3, -0.25) is 4.79 Å². The average Bonchev–Trinajstić information content (AvgIpc) is 3.33. The van der Waals surface area contributed by atoms with Crippen LogP contribution in [0.15, 0.2) is 70.0 Å². The molecule has 0 bridgehead atoms. The van der Waals surface area contributed by atoms with E-state index in [1.165, 1.54) is 22.0 Å². The molecule has 0 spiro atoms. The number of carbonyl (C=O) groups excluding carboxylic acids is 1. The zero-order valence-corrected chi connectivity index (χ0v) is 20.9. The zero-order valence-electron chi connectivity index (χ0n) is 20.1. The zero-order chi connectivity index (χ0) is 25.1. The van der Waals surface area contributed by atoms with Gasteiger partial charge in [0, 0.05) is 18.8 Å². The summed E-state index contributed by atoms with van der Waals surface area (Å²) in [6.45, 7) is 8.07. The summed E-state index contributed by atoms with van der Waals surface area (Å²) < 4.78 is 43.5. The molecule has 186 valence electrons. The Morgan fingerprint density at radius 1 is 0.971 bits per heavy atom. The van der Waals surface area contributed by atoms with Crippen molar-refractivity contribution in [1.82, 2.24) is 4.31 Å². The van der Waals surface area contributed by atoms with Gasteiger partial charge in [-0.1, -0.05) is 32.9 Å². The lowest BCUT2D eigenvalue weighted by Crippen LogP contribution is -2.40. The van der Waals surface area contributed by atoms with E-state index in [0.717, 1.165) is 0 Å². The van der Waals surface area contributed by atoms with E-state index >= 15 is 0 Å². The third-order valence-electron chi connectivity index (χ3n) is 5.71. The SMILES string of the molecule is CC(C)(C)c1ccc(OCc2ccc(C(=O)Nc3ccc(S(=O)(=O)N4CCOCC4)cc3)o2)cc1. The molecule has 1 aliphatic heterocycles. The number of furan rings is 1. The molecule has 0 radical (unpaired) electrons. The van der Waals surface area contributed by atoms with Crippen LogP contribution in [0.3, 0.4) is 0 Å². The van der Waals surface area contributed by atoms with Crippen molar-refractivity contribution in [1.29, 1.82) is 0 Å². The molecule has 1 fully saturated rings. The van der Waals surface area contributed by atoms with Crippen molar-refractivity contribution in [3.05, 3.63) is 77.7 Å². The van der Waals surface area contributed by atoms with Gasteiger partial charge in [-0.05, 0) is 59.5 Å². The van der Waals surface area contributed by atoms with Crippen molar-refractivity contribution in [2.75, 3.05) is 31.6 Å². The minimum atomic E-state index is -3.59. The van der Waals surface area contributed by atoms with E-state index in [0.29, 0.717) is 43.5 Å². The average molecular weight is 499 g/mol. The van der Waals surface area contributed by atoms with Gasteiger partial charge in [0.15, 0.2) is 5.76 Å². The first-order valence-corrected chi connectivity index (χ1v) is 12.9. The summed E-state index contributed by atoms with van der Waals surface area (Å²) in [7, 11) is -3.59. The third kappa shape index (κ3) is 6.11. The van der Waals surface area contributed by atoms with Crippen molar-refractivity contribution in [3.8, 4) is 5.75 Å². The molecule has 2 heterocycles. The van der Waals surface area contributed by atoms with Crippen molar-refractivity contribution in [2.24, 2.45) is 0 Å². The van der Waals surface area contributed by atoms with Gasteiger partial charge in [0.2, 0.25) is 10.0 Å².